The van der Waals surface area contributed by atoms with E-state index in [-0.39, 0.29) is 11.4 Å². The number of hydrazine groups is 1. The van der Waals surface area contributed by atoms with Gasteiger partial charge < -0.3 is 5.73 Å². The van der Waals surface area contributed by atoms with Gasteiger partial charge in [-0.3, -0.25) is 9.80 Å². The van der Waals surface area contributed by atoms with Crippen LogP contribution in [0.2, 0.25) is 0 Å². The van der Waals surface area contributed by atoms with Crippen LogP contribution in [0, 0.1) is 0 Å². The first-order valence-corrected chi connectivity index (χ1v) is 4.79. The summed E-state index contributed by atoms with van der Waals surface area (Å²) >= 11 is 0. The topological polar surface area (TPSA) is 49.6 Å². The fourth-order valence-electron chi connectivity index (χ4n) is 1.74. The fraction of sp³-hybridized carbons (Fsp3) is 0.889. The van der Waals surface area contributed by atoms with Crippen LogP contribution in [0.5, 0.6) is 0 Å². The Hall–Kier alpha value is -0.610. The van der Waals surface area contributed by atoms with Crippen molar-refractivity contribution >= 4 is 5.91 Å². The summed E-state index contributed by atoms with van der Waals surface area (Å²) in [5.41, 5.74) is 5.43. The van der Waals surface area contributed by atoms with E-state index in [0.717, 1.165) is 6.42 Å². The van der Waals surface area contributed by atoms with Gasteiger partial charge in [-0.05, 0) is 13.3 Å². The van der Waals surface area contributed by atoms with Crippen LogP contribution >= 0.6 is 0 Å². The maximum atomic E-state index is 11.6. The number of hydrogen-bond acceptors (Lipinski definition) is 3. The molecule has 1 rings (SSSR count). The Bertz CT molecular complexity index is 207. The molecule has 0 spiro atoms. The number of hydrogen-bond donors (Lipinski definition) is 1. The number of amides is 1. The van der Waals surface area contributed by atoms with Crippen molar-refractivity contribution in [2.24, 2.45) is 5.73 Å². The summed E-state index contributed by atoms with van der Waals surface area (Å²) in [6.45, 7) is 5.37. The molecule has 1 atom stereocenters. The third-order valence-corrected chi connectivity index (χ3v) is 3.07. The van der Waals surface area contributed by atoms with E-state index >= 15 is 0 Å². The van der Waals surface area contributed by atoms with Crippen LogP contribution in [0.3, 0.4) is 0 Å². The van der Waals surface area contributed by atoms with Crippen molar-refractivity contribution in [2.75, 3.05) is 20.1 Å². The van der Waals surface area contributed by atoms with Crippen molar-refractivity contribution in [3.63, 3.8) is 0 Å². The van der Waals surface area contributed by atoms with E-state index in [1.165, 1.54) is 0 Å². The number of nitrogens with zero attached hydrogens (tertiary/aromatic N) is 2. The molecule has 0 aliphatic carbocycles. The monoisotopic (exact) mass is 185 g/mol. The van der Waals surface area contributed by atoms with E-state index in [0.29, 0.717) is 19.5 Å². The standard InChI is InChI=1S/C9H19N3O/c1-4-9(2)7-8(13)12(6-5-10)11(9)3/h4-7,10H2,1-3H3. The Morgan fingerprint density at radius 2 is 2.23 bits per heavy atom. The van der Waals surface area contributed by atoms with Gasteiger partial charge in [-0.25, -0.2) is 5.01 Å². The Morgan fingerprint density at radius 3 is 2.62 bits per heavy atom. The van der Waals surface area contributed by atoms with Crippen molar-refractivity contribution in [3.05, 3.63) is 0 Å². The molecular formula is C9H19N3O. The molecule has 0 radical (unpaired) electrons. The van der Waals surface area contributed by atoms with Crippen molar-refractivity contribution in [2.45, 2.75) is 32.2 Å². The Labute approximate surface area is 79.6 Å². The van der Waals surface area contributed by atoms with Gasteiger partial charge in [0.15, 0.2) is 0 Å². The summed E-state index contributed by atoms with van der Waals surface area (Å²) in [4.78, 5) is 11.6. The van der Waals surface area contributed by atoms with Gasteiger partial charge in [0.2, 0.25) is 5.91 Å². The molecule has 0 saturated carbocycles. The fourth-order valence-corrected chi connectivity index (χ4v) is 1.74. The first-order valence-electron chi connectivity index (χ1n) is 4.79. The molecule has 76 valence electrons. The number of nitrogens with two attached hydrogens (primary N) is 1. The second-order valence-corrected chi connectivity index (χ2v) is 3.86. The molecule has 1 aliphatic heterocycles. The summed E-state index contributed by atoms with van der Waals surface area (Å²) in [5.74, 6) is 0.192. The molecule has 4 heteroatoms. The molecular weight excluding hydrogens is 166 g/mol. The molecule has 1 saturated heterocycles. The third-order valence-electron chi connectivity index (χ3n) is 3.07. The molecule has 0 aromatic heterocycles. The lowest BCUT2D eigenvalue weighted by Gasteiger charge is -2.34. The van der Waals surface area contributed by atoms with Crippen LogP contribution in [-0.4, -0.2) is 41.6 Å². The summed E-state index contributed by atoms with van der Waals surface area (Å²) in [5, 5.41) is 3.78. The van der Waals surface area contributed by atoms with Crippen LogP contribution < -0.4 is 5.73 Å². The van der Waals surface area contributed by atoms with E-state index in [4.69, 9.17) is 5.73 Å². The largest absolute Gasteiger partial charge is 0.329 e. The van der Waals surface area contributed by atoms with Crippen LogP contribution in [0.25, 0.3) is 0 Å². The highest BCUT2D eigenvalue weighted by Gasteiger charge is 2.42. The SMILES string of the molecule is CCC1(C)CC(=O)N(CCN)N1C. The van der Waals surface area contributed by atoms with Crippen molar-refractivity contribution in [1.82, 2.24) is 10.0 Å². The van der Waals surface area contributed by atoms with Gasteiger partial charge in [0, 0.05) is 32.1 Å². The Balaban J connectivity index is 2.74. The van der Waals surface area contributed by atoms with Crippen LogP contribution in [0.4, 0.5) is 0 Å². The number of rotatable bonds is 3. The zero-order chi connectivity index (χ0) is 10.1. The van der Waals surface area contributed by atoms with E-state index < -0.39 is 0 Å². The highest BCUT2D eigenvalue weighted by molar-refractivity contribution is 5.79. The van der Waals surface area contributed by atoms with E-state index in [2.05, 4.69) is 13.8 Å². The maximum absolute atomic E-state index is 11.6. The smallest absolute Gasteiger partial charge is 0.238 e. The van der Waals surface area contributed by atoms with Gasteiger partial charge >= 0.3 is 0 Å². The predicted octanol–water partition coefficient (Wildman–Crippen LogP) is 0.193. The zero-order valence-electron chi connectivity index (χ0n) is 8.71. The van der Waals surface area contributed by atoms with E-state index in [9.17, 15) is 4.79 Å². The first-order chi connectivity index (χ1) is 6.05. The first kappa shape index (κ1) is 10.5. The van der Waals surface area contributed by atoms with Crippen molar-refractivity contribution in [3.8, 4) is 0 Å². The van der Waals surface area contributed by atoms with Gasteiger partial charge in [-0.15, -0.1) is 0 Å². The highest BCUT2D eigenvalue weighted by atomic mass is 16.2. The van der Waals surface area contributed by atoms with E-state index in [1.54, 1.807) is 5.01 Å². The average Bonchev–Trinajstić information content (AvgIpc) is 2.31. The zero-order valence-corrected chi connectivity index (χ0v) is 8.71. The molecule has 0 bridgehead atoms. The minimum atomic E-state index is -0.00769. The third kappa shape index (κ3) is 1.69. The van der Waals surface area contributed by atoms with Gasteiger partial charge in [-0.1, -0.05) is 6.92 Å². The molecule has 13 heavy (non-hydrogen) atoms. The molecule has 0 aromatic carbocycles. The van der Waals surface area contributed by atoms with Gasteiger partial charge in [0.25, 0.3) is 0 Å². The number of carbonyl (C=O) groups is 1. The average molecular weight is 185 g/mol. The predicted molar refractivity (Wildman–Crippen MR) is 51.8 cm³/mol. The Morgan fingerprint density at radius 1 is 1.62 bits per heavy atom. The summed E-state index contributed by atoms with van der Waals surface area (Å²) in [7, 11) is 1.96. The summed E-state index contributed by atoms with van der Waals surface area (Å²) in [6.07, 6.45) is 1.59. The number of carbonyl (C=O) groups excluding carboxylic acids is 1. The molecule has 4 nitrogen and oxygen atoms in total. The molecule has 1 amide bonds. The molecule has 1 aliphatic rings. The van der Waals surface area contributed by atoms with E-state index in [1.807, 2.05) is 12.1 Å². The second-order valence-electron chi connectivity index (χ2n) is 3.86. The lowest BCUT2D eigenvalue weighted by atomic mass is 9.96. The van der Waals surface area contributed by atoms with Crippen molar-refractivity contribution < 1.29 is 4.79 Å². The second kappa shape index (κ2) is 3.64. The van der Waals surface area contributed by atoms with Gasteiger partial charge in [0.1, 0.15) is 0 Å². The van der Waals surface area contributed by atoms with Gasteiger partial charge in [0.05, 0.1) is 0 Å². The molecule has 0 aromatic rings. The lowest BCUT2D eigenvalue weighted by Crippen LogP contribution is -2.47. The lowest BCUT2D eigenvalue weighted by molar-refractivity contribution is -0.138. The quantitative estimate of drug-likeness (QED) is 0.683. The molecule has 1 fully saturated rings. The molecule has 2 N–H and O–H groups in total. The van der Waals surface area contributed by atoms with Crippen LogP contribution in [-0.2, 0) is 4.79 Å². The summed E-state index contributed by atoms with van der Waals surface area (Å²) < 4.78 is 0. The van der Waals surface area contributed by atoms with Crippen molar-refractivity contribution in [1.29, 1.82) is 0 Å². The summed E-state index contributed by atoms with van der Waals surface area (Å²) in [6, 6.07) is 0. The molecule has 1 heterocycles. The minimum absolute atomic E-state index is 0.00769. The van der Waals surface area contributed by atoms with Crippen LogP contribution in [0.15, 0.2) is 0 Å². The highest BCUT2D eigenvalue weighted by Crippen LogP contribution is 2.30. The van der Waals surface area contributed by atoms with Crippen LogP contribution in [0.1, 0.15) is 26.7 Å². The van der Waals surface area contributed by atoms with Gasteiger partial charge in [-0.2, -0.15) is 0 Å². The Kier molecular flexibility index (Phi) is 2.93. The molecule has 1 unspecified atom stereocenters. The normalized spacial score (nSPS) is 30.2. The maximum Gasteiger partial charge on any atom is 0.238 e. The minimum Gasteiger partial charge on any atom is -0.329 e.